The highest BCUT2D eigenvalue weighted by Gasteiger charge is 2.12. The summed E-state index contributed by atoms with van der Waals surface area (Å²) in [6.45, 7) is 0. The minimum Gasteiger partial charge on any atom is -0.465 e. The predicted octanol–water partition coefficient (Wildman–Crippen LogP) is 6.40. The Labute approximate surface area is 313 Å². The standard InChI is InChI=1S/C22H16N4O2.C10H8N2O2.C9H7N3O/c27-21(17-9-10-19-20(14-17)24-12-11-23-19)26-22(28)25-18-8-4-7-16(13-18)15-5-2-1-3-6-15;1-14-10(13)7-2-3-8-9(6-7)12-5-4-11-8;10-9(13)6-1-2-7-8(5-6)12-4-3-11-7/h1-14H,(H2,25,26,27,28);2-6H,1H3;1-5H,(H2,10,13). The molecule has 8 aromatic rings. The zero-order valence-corrected chi connectivity index (χ0v) is 29.2. The van der Waals surface area contributed by atoms with Gasteiger partial charge in [-0.15, -0.1) is 0 Å². The van der Waals surface area contributed by atoms with Crippen LogP contribution < -0.4 is 16.4 Å². The molecule has 5 aromatic carbocycles. The Morgan fingerprint density at radius 1 is 0.509 bits per heavy atom. The average molecular weight is 730 g/mol. The first-order chi connectivity index (χ1) is 26.8. The van der Waals surface area contributed by atoms with Gasteiger partial charge in [0.05, 0.1) is 45.8 Å². The van der Waals surface area contributed by atoms with Crippen molar-refractivity contribution in [1.82, 2.24) is 35.2 Å². The predicted molar refractivity (Wildman–Crippen MR) is 207 cm³/mol. The molecule has 0 atom stereocenters. The van der Waals surface area contributed by atoms with Gasteiger partial charge < -0.3 is 15.8 Å². The van der Waals surface area contributed by atoms with Crippen molar-refractivity contribution < 1.29 is 23.9 Å². The number of hydrogen-bond acceptors (Lipinski definition) is 11. The number of hydrogen-bond donors (Lipinski definition) is 3. The highest BCUT2D eigenvalue weighted by atomic mass is 16.5. The molecule has 3 aromatic heterocycles. The van der Waals surface area contributed by atoms with E-state index in [9.17, 15) is 19.2 Å². The highest BCUT2D eigenvalue weighted by Crippen LogP contribution is 2.22. The number of nitrogens with two attached hydrogens (primary N) is 1. The number of benzene rings is 5. The number of ether oxygens (including phenoxy) is 1. The molecule has 4 amide bonds. The molecule has 8 rings (SSSR count). The zero-order valence-electron chi connectivity index (χ0n) is 29.2. The molecule has 3 heterocycles. The molecule has 14 heteroatoms. The lowest BCUT2D eigenvalue weighted by molar-refractivity contribution is 0.0600. The summed E-state index contributed by atoms with van der Waals surface area (Å²) < 4.78 is 4.60. The van der Waals surface area contributed by atoms with E-state index in [1.54, 1.807) is 97.8 Å². The fourth-order valence-electron chi connectivity index (χ4n) is 5.17. The SMILES string of the molecule is COC(=O)c1ccc2nccnc2c1.NC(=O)c1ccc2nccnc2c1.O=C(NC(=O)c1ccc2nccnc2c1)Nc1cccc(-c2ccccc2)c1. The fraction of sp³-hybridized carbons (Fsp3) is 0.0244. The van der Waals surface area contributed by atoms with Crippen LogP contribution in [0.25, 0.3) is 44.2 Å². The summed E-state index contributed by atoms with van der Waals surface area (Å²) >= 11 is 0. The first-order valence-corrected chi connectivity index (χ1v) is 16.6. The van der Waals surface area contributed by atoms with Crippen molar-refractivity contribution in [2.75, 3.05) is 12.4 Å². The molecule has 0 bridgehead atoms. The number of amides is 4. The Hall–Kier alpha value is -8.00. The lowest BCUT2D eigenvalue weighted by atomic mass is 10.1. The Kier molecular flexibility index (Phi) is 11.7. The molecule has 55 heavy (non-hydrogen) atoms. The number of primary amides is 1. The third-order valence-electron chi connectivity index (χ3n) is 7.83. The van der Waals surface area contributed by atoms with Gasteiger partial charge in [-0.05, 0) is 77.9 Å². The smallest absolute Gasteiger partial charge is 0.337 e. The summed E-state index contributed by atoms with van der Waals surface area (Å²) in [7, 11) is 1.35. The van der Waals surface area contributed by atoms with Gasteiger partial charge in [0.1, 0.15) is 0 Å². The van der Waals surface area contributed by atoms with Crippen LogP contribution in [0.15, 0.2) is 146 Å². The normalized spacial score (nSPS) is 10.3. The summed E-state index contributed by atoms with van der Waals surface area (Å²) in [6, 6.07) is 31.6. The molecule has 4 N–H and O–H groups in total. The Morgan fingerprint density at radius 2 is 0.982 bits per heavy atom. The molecule has 0 aliphatic rings. The lowest BCUT2D eigenvalue weighted by Crippen LogP contribution is -2.34. The van der Waals surface area contributed by atoms with Crippen LogP contribution in [-0.2, 0) is 4.74 Å². The van der Waals surface area contributed by atoms with E-state index in [4.69, 9.17) is 5.73 Å². The number of urea groups is 1. The van der Waals surface area contributed by atoms with E-state index in [-0.39, 0.29) is 5.97 Å². The first-order valence-electron chi connectivity index (χ1n) is 16.6. The molecule has 270 valence electrons. The Balaban J connectivity index is 0.000000158. The van der Waals surface area contributed by atoms with Crippen LogP contribution in [0.2, 0.25) is 0 Å². The Bertz CT molecular complexity index is 2660. The number of fused-ring (bicyclic) bond motifs is 3. The number of carbonyl (C=O) groups is 4. The number of nitrogens with zero attached hydrogens (tertiary/aromatic N) is 6. The van der Waals surface area contributed by atoms with Gasteiger partial charge in [-0.3, -0.25) is 44.8 Å². The van der Waals surface area contributed by atoms with Crippen LogP contribution in [0.1, 0.15) is 31.1 Å². The number of nitrogens with one attached hydrogen (secondary N) is 2. The van der Waals surface area contributed by atoms with Gasteiger partial charge in [0.15, 0.2) is 0 Å². The van der Waals surface area contributed by atoms with Crippen LogP contribution in [-0.4, -0.2) is 60.8 Å². The van der Waals surface area contributed by atoms with Crippen molar-refractivity contribution in [3.8, 4) is 11.1 Å². The summed E-state index contributed by atoms with van der Waals surface area (Å²) in [5.74, 6) is -1.32. The van der Waals surface area contributed by atoms with E-state index >= 15 is 0 Å². The van der Waals surface area contributed by atoms with Gasteiger partial charge >= 0.3 is 12.0 Å². The second-order valence-corrected chi connectivity index (χ2v) is 11.5. The van der Waals surface area contributed by atoms with Gasteiger partial charge in [0.2, 0.25) is 5.91 Å². The Morgan fingerprint density at radius 3 is 1.53 bits per heavy atom. The van der Waals surface area contributed by atoms with Gasteiger partial charge in [-0.25, -0.2) is 9.59 Å². The zero-order chi connectivity index (χ0) is 38.6. The number of imide groups is 1. The topological polar surface area (TPSA) is 205 Å². The summed E-state index contributed by atoms with van der Waals surface area (Å²) in [6.07, 6.45) is 9.51. The molecule has 0 aliphatic carbocycles. The van der Waals surface area contributed by atoms with Gasteiger partial charge in [0.25, 0.3) is 5.91 Å². The third kappa shape index (κ3) is 9.66. The van der Waals surface area contributed by atoms with E-state index in [2.05, 4.69) is 45.3 Å². The number of anilines is 1. The van der Waals surface area contributed by atoms with Crippen LogP contribution in [0.3, 0.4) is 0 Å². The molecule has 0 saturated heterocycles. The van der Waals surface area contributed by atoms with Crippen LogP contribution in [0.4, 0.5) is 10.5 Å². The molecule has 0 fully saturated rings. The van der Waals surface area contributed by atoms with Crippen molar-refractivity contribution >= 4 is 62.6 Å². The van der Waals surface area contributed by atoms with Gasteiger partial charge in [-0.2, -0.15) is 0 Å². The maximum Gasteiger partial charge on any atom is 0.337 e. The third-order valence-corrected chi connectivity index (χ3v) is 7.83. The second-order valence-electron chi connectivity index (χ2n) is 11.5. The van der Waals surface area contributed by atoms with Crippen molar-refractivity contribution in [1.29, 1.82) is 0 Å². The number of rotatable bonds is 5. The van der Waals surface area contributed by atoms with Crippen LogP contribution >= 0.6 is 0 Å². The molecule has 0 saturated carbocycles. The number of methoxy groups -OCH3 is 1. The molecule has 0 unspecified atom stereocenters. The highest BCUT2D eigenvalue weighted by molar-refractivity contribution is 6.09. The minimum atomic E-state index is -0.602. The second kappa shape index (κ2) is 17.5. The summed E-state index contributed by atoms with van der Waals surface area (Å²) in [5.41, 5.74) is 13.2. The van der Waals surface area contributed by atoms with E-state index in [0.29, 0.717) is 44.4 Å². The van der Waals surface area contributed by atoms with Crippen molar-refractivity contribution in [2.45, 2.75) is 0 Å². The van der Waals surface area contributed by atoms with Crippen molar-refractivity contribution in [3.05, 3.63) is 163 Å². The fourth-order valence-corrected chi connectivity index (χ4v) is 5.17. The average Bonchev–Trinajstić information content (AvgIpc) is 3.23. The van der Waals surface area contributed by atoms with E-state index in [1.807, 2.05) is 48.5 Å². The largest absolute Gasteiger partial charge is 0.465 e. The molecular formula is C41H31N9O5. The molecule has 14 nitrogen and oxygen atoms in total. The monoisotopic (exact) mass is 729 g/mol. The minimum absolute atomic E-state index is 0.334. The maximum atomic E-state index is 12.4. The summed E-state index contributed by atoms with van der Waals surface area (Å²) in [4.78, 5) is 71.2. The number of carbonyl (C=O) groups excluding carboxylic acids is 4. The molecule has 0 spiro atoms. The first kappa shape index (κ1) is 36.8. The van der Waals surface area contributed by atoms with Crippen LogP contribution in [0.5, 0.6) is 0 Å². The van der Waals surface area contributed by atoms with Gasteiger partial charge in [-0.1, -0.05) is 42.5 Å². The maximum absolute atomic E-state index is 12.4. The van der Waals surface area contributed by atoms with Crippen molar-refractivity contribution in [3.63, 3.8) is 0 Å². The van der Waals surface area contributed by atoms with Crippen molar-refractivity contribution in [2.24, 2.45) is 5.73 Å². The number of aromatic nitrogens is 6. The van der Waals surface area contributed by atoms with E-state index < -0.39 is 17.8 Å². The van der Waals surface area contributed by atoms with Gasteiger partial charge in [0, 0.05) is 54.0 Å². The van der Waals surface area contributed by atoms with Crippen LogP contribution in [0, 0.1) is 0 Å². The molecular weight excluding hydrogens is 699 g/mol. The number of esters is 1. The quantitative estimate of drug-likeness (QED) is 0.165. The molecule has 0 aliphatic heterocycles. The lowest BCUT2D eigenvalue weighted by Gasteiger charge is -2.09. The van der Waals surface area contributed by atoms with E-state index in [1.165, 1.54) is 7.11 Å². The van der Waals surface area contributed by atoms with E-state index in [0.717, 1.165) is 22.2 Å². The molecule has 0 radical (unpaired) electrons. The summed E-state index contributed by atoms with van der Waals surface area (Å²) in [5, 5.41) is 5.02.